The van der Waals surface area contributed by atoms with Crippen molar-refractivity contribution < 1.29 is 9.18 Å². The zero-order valence-electron chi connectivity index (χ0n) is 11.0. The molecule has 1 N–H and O–H groups in total. The van der Waals surface area contributed by atoms with E-state index < -0.39 is 5.82 Å². The molecule has 1 atom stereocenters. The summed E-state index contributed by atoms with van der Waals surface area (Å²) in [4.78, 5) is 14.5. The molecular weight excluding hydrogens is 263 g/mol. The van der Waals surface area contributed by atoms with Crippen LogP contribution in [0.25, 0.3) is 0 Å². The summed E-state index contributed by atoms with van der Waals surface area (Å²) in [6, 6.07) is 4.28. The maximum Gasteiger partial charge on any atom is 0.251 e. The van der Waals surface area contributed by atoms with Gasteiger partial charge < -0.3 is 10.2 Å². The van der Waals surface area contributed by atoms with E-state index in [1.54, 1.807) is 0 Å². The van der Waals surface area contributed by atoms with Crippen LogP contribution in [-0.4, -0.2) is 36.5 Å². The van der Waals surface area contributed by atoms with Gasteiger partial charge in [-0.05, 0) is 51.1 Å². The van der Waals surface area contributed by atoms with E-state index in [0.717, 1.165) is 19.6 Å². The molecule has 1 fully saturated rings. The van der Waals surface area contributed by atoms with E-state index in [-0.39, 0.29) is 16.8 Å². The summed E-state index contributed by atoms with van der Waals surface area (Å²) in [5.41, 5.74) is 0.444. The number of halogens is 1. The van der Waals surface area contributed by atoms with E-state index >= 15 is 0 Å². The predicted molar refractivity (Wildman–Crippen MR) is 76.3 cm³/mol. The first-order valence-corrected chi connectivity index (χ1v) is 7.02. The molecule has 1 unspecified atom stereocenters. The Labute approximate surface area is 118 Å². The molecule has 1 aromatic rings. The Hall–Kier alpha value is -1.07. The lowest BCUT2D eigenvalue weighted by molar-refractivity contribution is 0.0931. The maximum absolute atomic E-state index is 13.1. The van der Waals surface area contributed by atoms with Crippen molar-refractivity contribution in [3.05, 3.63) is 29.6 Å². The van der Waals surface area contributed by atoms with Crippen molar-refractivity contribution in [3.63, 3.8) is 0 Å². The van der Waals surface area contributed by atoms with Gasteiger partial charge in [0.2, 0.25) is 0 Å². The molecule has 0 aromatic heterocycles. The minimum Gasteiger partial charge on any atom is -0.348 e. The van der Waals surface area contributed by atoms with Crippen LogP contribution in [0.15, 0.2) is 23.1 Å². The van der Waals surface area contributed by atoms with Crippen molar-refractivity contribution in [1.82, 2.24) is 10.2 Å². The summed E-state index contributed by atoms with van der Waals surface area (Å²) < 4.78 is 13.1. The molecule has 0 bridgehead atoms. The van der Waals surface area contributed by atoms with E-state index in [1.165, 1.54) is 31.0 Å². The third-order valence-electron chi connectivity index (χ3n) is 3.32. The van der Waals surface area contributed by atoms with E-state index in [0.29, 0.717) is 5.56 Å². The van der Waals surface area contributed by atoms with Crippen LogP contribution in [0.2, 0.25) is 0 Å². The first kappa shape index (κ1) is 14.3. The highest BCUT2D eigenvalue weighted by atomic mass is 32.1. The van der Waals surface area contributed by atoms with Crippen LogP contribution in [0, 0.1) is 5.82 Å². The van der Waals surface area contributed by atoms with Crippen molar-refractivity contribution in [2.75, 3.05) is 19.6 Å². The Balaban J connectivity index is 1.90. The number of likely N-dealkylation sites (tertiary alicyclic amines) is 1. The molecule has 5 heteroatoms. The van der Waals surface area contributed by atoms with Crippen LogP contribution < -0.4 is 5.32 Å². The van der Waals surface area contributed by atoms with Crippen LogP contribution in [0.5, 0.6) is 0 Å². The van der Waals surface area contributed by atoms with Gasteiger partial charge in [-0.1, -0.05) is 0 Å². The molecular formula is C14H19FN2OS. The molecule has 1 aliphatic rings. The third kappa shape index (κ3) is 3.94. The van der Waals surface area contributed by atoms with Crippen molar-refractivity contribution >= 4 is 18.5 Å². The Morgan fingerprint density at radius 2 is 2.16 bits per heavy atom. The van der Waals surface area contributed by atoms with E-state index in [4.69, 9.17) is 0 Å². The van der Waals surface area contributed by atoms with Crippen LogP contribution in [-0.2, 0) is 0 Å². The molecule has 1 aromatic carbocycles. The van der Waals surface area contributed by atoms with Crippen LogP contribution >= 0.6 is 12.6 Å². The number of carbonyl (C=O) groups is 1. The average molecular weight is 282 g/mol. The lowest BCUT2D eigenvalue weighted by Crippen LogP contribution is -2.41. The number of amides is 1. The zero-order chi connectivity index (χ0) is 13.8. The molecule has 0 radical (unpaired) electrons. The van der Waals surface area contributed by atoms with Gasteiger partial charge in [-0.3, -0.25) is 4.79 Å². The number of hydrogen-bond acceptors (Lipinski definition) is 3. The maximum atomic E-state index is 13.1. The van der Waals surface area contributed by atoms with Gasteiger partial charge in [0.05, 0.1) is 0 Å². The van der Waals surface area contributed by atoms with Gasteiger partial charge in [0.15, 0.2) is 0 Å². The average Bonchev–Trinajstić information content (AvgIpc) is 2.85. The Morgan fingerprint density at radius 1 is 1.47 bits per heavy atom. The first-order valence-electron chi connectivity index (χ1n) is 6.58. The molecule has 1 amide bonds. The highest BCUT2D eigenvalue weighted by Gasteiger charge is 2.16. The highest BCUT2D eigenvalue weighted by Crippen LogP contribution is 2.14. The zero-order valence-corrected chi connectivity index (χ0v) is 11.9. The second kappa shape index (κ2) is 6.39. The number of carbonyl (C=O) groups excluding carboxylic acids is 1. The Kier molecular flexibility index (Phi) is 4.82. The van der Waals surface area contributed by atoms with Gasteiger partial charge in [0.1, 0.15) is 5.82 Å². The SMILES string of the molecule is CC(CN1CCCC1)NC(=O)c1ccc(F)c(S)c1. The summed E-state index contributed by atoms with van der Waals surface area (Å²) in [5, 5.41) is 2.93. The third-order valence-corrected chi connectivity index (χ3v) is 3.66. The fourth-order valence-corrected chi connectivity index (χ4v) is 2.57. The number of benzene rings is 1. The topological polar surface area (TPSA) is 32.3 Å². The van der Waals surface area contributed by atoms with Gasteiger partial charge in [-0.25, -0.2) is 4.39 Å². The fraction of sp³-hybridized carbons (Fsp3) is 0.500. The molecule has 0 spiro atoms. The summed E-state index contributed by atoms with van der Waals surface area (Å²) in [6.45, 7) is 5.07. The molecule has 19 heavy (non-hydrogen) atoms. The van der Waals surface area contributed by atoms with E-state index in [1.807, 2.05) is 6.92 Å². The van der Waals surface area contributed by atoms with Crippen molar-refractivity contribution in [1.29, 1.82) is 0 Å². The normalized spacial score (nSPS) is 17.4. The lowest BCUT2D eigenvalue weighted by Gasteiger charge is -2.21. The largest absolute Gasteiger partial charge is 0.348 e. The number of nitrogens with zero attached hydrogens (tertiary/aromatic N) is 1. The minimum absolute atomic E-state index is 0.0824. The number of thiol groups is 1. The minimum atomic E-state index is -0.412. The Bertz CT molecular complexity index is 461. The number of rotatable bonds is 4. The molecule has 3 nitrogen and oxygen atoms in total. The summed E-state index contributed by atoms with van der Waals surface area (Å²) in [5.74, 6) is -0.591. The number of nitrogens with one attached hydrogen (secondary N) is 1. The summed E-state index contributed by atoms with van der Waals surface area (Å²) >= 11 is 3.98. The highest BCUT2D eigenvalue weighted by molar-refractivity contribution is 7.80. The van der Waals surface area contributed by atoms with Crippen LogP contribution in [0.4, 0.5) is 4.39 Å². The first-order chi connectivity index (χ1) is 9.06. The van der Waals surface area contributed by atoms with Gasteiger partial charge in [0, 0.05) is 23.0 Å². The van der Waals surface area contributed by atoms with Crippen LogP contribution in [0.1, 0.15) is 30.1 Å². The molecule has 1 heterocycles. The molecule has 0 aliphatic carbocycles. The standard InChI is InChI=1S/C14H19FN2OS/c1-10(9-17-6-2-3-7-17)16-14(18)11-4-5-12(15)13(19)8-11/h4-5,8,10,19H,2-3,6-7,9H2,1H3,(H,16,18). The number of hydrogen-bond donors (Lipinski definition) is 2. The Morgan fingerprint density at radius 3 is 2.79 bits per heavy atom. The predicted octanol–water partition coefficient (Wildman–Crippen LogP) is 2.33. The van der Waals surface area contributed by atoms with Gasteiger partial charge >= 0.3 is 0 Å². The monoisotopic (exact) mass is 282 g/mol. The molecule has 0 saturated carbocycles. The van der Waals surface area contributed by atoms with E-state index in [2.05, 4.69) is 22.8 Å². The quantitative estimate of drug-likeness (QED) is 0.831. The van der Waals surface area contributed by atoms with Crippen LogP contribution in [0.3, 0.4) is 0 Å². The fourth-order valence-electron chi connectivity index (χ4n) is 2.36. The van der Waals surface area contributed by atoms with E-state index in [9.17, 15) is 9.18 Å². The van der Waals surface area contributed by atoms with Gasteiger partial charge in [-0.15, -0.1) is 12.6 Å². The smallest absolute Gasteiger partial charge is 0.251 e. The second-order valence-corrected chi connectivity index (χ2v) is 5.53. The molecule has 1 saturated heterocycles. The van der Waals surface area contributed by atoms with Gasteiger partial charge in [0.25, 0.3) is 5.91 Å². The lowest BCUT2D eigenvalue weighted by atomic mass is 10.2. The summed E-state index contributed by atoms with van der Waals surface area (Å²) in [6.07, 6.45) is 2.48. The van der Waals surface area contributed by atoms with Crippen molar-refractivity contribution in [3.8, 4) is 0 Å². The second-order valence-electron chi connectivity index (χ2n) is 5.05. The van der Waals surface area contributed by atoms with Crippen molar-refractivity contribution in [2.45, 2.75) is 30.7 Å². The molecule has 2 rings (SSSR count). The molecule has 1 aliphatic heterocycles. The molecule has 104 valence electrons. The van der Waals surface area contributed by atoms with Crippen molar-refractivity contribution in [2.24, 2.45) is 0 Å². The summed E-state index contributed by atoms with van der Waals surface area (Å²) in [7, 11) is 0. The van der Waals surface area contributed by atoms with Gasteiger partial charge in [-0.2, -0.15) is 0 Å².